The lowest BCUT2D eigenvalue weighted by molar-refractivity contribution is -0.130. The van der Waals surface area contributed by atoms with E-state index in [0.29, 0.717) is 12.6 Å². The van der Waals surface area contributed by atoms with Crippen molar-refractivity contribution in [1.82, 2.24) is 9.47 Å². The van der Waals surface area contributed by atoms with Gasteiger partial charge in [0, 0.05) is 35.2 Å². The smallest absolute Gasteiger partial charge is 0.242 e. The molecule has 3 rings (SSSR count). The van der Waals surface area contributed by atoms with Crippen LogP contribution < -0.4 is 0 Å². The quantitative estimate of drug-likeness (QED) is 0.835. The van der Waals surface area contributed by atoms with Crippen LogP contribution in [0.3, 0.4) is 0 Å². The molecule has 0 bridgehead atoms. The molecule has 0 radical (unpaired) electrons. The summed E-state index contributed by atoms with van der Waals surface area (Å²) in [6.07, 6.45) is 4.23. The van der Waals surface area contributed by atoms with E-state index in [9.17, 15) is 4.79 Å². The summed E-state index contributed by atoms with van der Waals surface area (Å²) in [5.74, 6) is 0.171. The van der Waals surface area contributed by atoms with E-state index < -0.39 is 0 Å². The van der Waals surface area contributed by atoms with Crippen molar-refractivity contribution in [3.8, 4) is 0 Å². The maximum Gasteiger partial charge on any atom is 0.242 e. The third-order valence-electron chi connectivity index (χ3n) is 3.53. The van der Waals surface area contributed by atoms with Gasteiger partial charge in [0.1, 0.15) is 6.54 Å². The topological polar surface area (TPSA) is 25.2 Å². The van der Waals surface area contributed by atoms with Gasteiger partial charge < -0.3 is 9.47 Å². The first kappa shape index (κ1) is 11.6. The molecule has 0 unspecified atom stereocenters. The zero-order valence-electron chi connectivity index (χ0n) is 10.3. The fourth-order valence-electron chi connectivity index (χ4n) is 2.23. The number of likely N-dealkylation sites (N-methyl/N-ethyl adjacent to an activating group) is 1. The van der Waals surface area contributed by atoms with Crippen molar-refractivity contribution in [3.05, 3.63) is 35.5 Å². The van der Waals surface area contributed by atoms with Crippen molar-refractivity contribution >= 4 is 28.4 Å². The average molecular weight is 263 g/mol. The van der Waals surface area contributed by atoms with Gasteiger partial charge in [-0.3, -0.25) is 4.79 Å². The molecular weight excluding hydrogens is 248 g/mol. The van der Waals surface area contributed by atoms with Crippen LogP contribution in [-0.4, -0.2) is 28.5 Å². The molecule has 18 heavy (non-hydrogen) atoms. The zero-order valence-corrected chi connectivity index (χ0v) is 11.0. The summed E-state index contributed by atoms with van der Waals surface area (Å²) in [6, 6.07) is 8.19. The van der Waals surface area contributed by atoms with Gasteiger partial charge in [0.25, 0.3) is 0 Å². The Balaban J connectivity index is 1.84. The van der Waals surface area contributed by atoms with E-state index in [4.69, 9.17) is 11.6 Å². The molecule has 1 amide bonds. The van der Waals surface area contributed by atoms with Crippen LogP contribution in [0.15, 0.2) is 30.5 Å². The Labute approximate surface area is 111 Å². The van der Waals surface area contributed by atoms with Gasteiger partial charge in [-0.25, -0.2) is 0 Å². The number of rotatable bonds is 3. The lowest BCUT2D eigenvalue weighted by Crippen LogP contribution is -2.31. The second-order valence-corrected chi connectivity index (χ2v) is 5.32. The number of halogens is 1. The Morgan fingerprint density at radius 1 is 1.44 bits per heavy atom. The normalized spacial score (nSPS) is 15.0. The van der Waals surface area contributed by atoms with Crippen LogP contribution in [0, 0.1) is 0 Å². The van der Waals surface area contributed by atoms with E-state index in [1.807, 2.05) is 47.0 Å². The molecule has 0 saturated heterocycles. The summed E-state index contributed by atoms with van der Waals surface area (Å²) in [6.45, 7) is 0.401. The predicted octanol–water partition coefficient (Wildman–Crippen LogP) is 2.92. The highest BCUT2D eigenvalue weighted by atomic mass is 35.5. The molecule has 1 aliphatic rings. The summed E-state index contributed by atoms with van der Waals surface area (Å²) in [7, 11) is 1.89. The molecule has 1 aliphatic carbocycles. The van der Waals surface area contributed by atoms with Gasteiger partial charge in [-0.15, -0.1) is 0 Å². The SMILES string of the molecule is CN(C(=O)Cn1ccc2cc(Cl)ccc21)C1CC1. The van der Waals surface area contributed by atoms with Crippen molar-refractivity contribution in [2.24, 2.45) is 0 Å². The summed E-state index contributed by atoms with van der Waals surface area (Å²) < 4.78 is 1.98. The molecule has 0 N–H and O–H groups in total. The fraction of sp³-hybridized carbons (Fsp3) is 0.357. The lowest BCUT2D eigenvalue weighted by Gasteiger charge is -2.17. The van der Waals surface area contributed by atoms with Crippen LogP contribution in [0.1, 0.15) is 12.8 Å². The second kappa shape index (κ2) is 4.32. The number of hydrogen-bond donors (Lipinski definition) is 0. The third-order valence-corrected chi connectivity index (χ3v) is 3.76. The van der Waals surface area contributed by atoms with E-state index in [-0.39, 0.29) is 5.91 Å². The molecule has 3 nitrogen and oxygen atoms in total. The first-order valence-corrected chi connectivity index (χ1v) is 6.53. The predicted molar refractivity (Wildman–Crippen MR) is 72.7 cm³/mol. The minimum Gasteiger partial charge on any atom is -0.341 e. The van der Waals surface area contributed by atoms with Crippen molar-refractivity contribution in [2.45, 2.75) is 25.4 Å². The molecule has 1 fully saturated rings. The summed E-state index contributed by atoms with van der Waals surface area (Å²) in [5.41, 5.74) is 1.05. The van der Waals surface area contributed by atoms with Gasteiger partial charge in [0.15, 0.2) is 0 Å². The van der Waals surface area contributed by atoms with Gasteiger partial charge in [-0.1, -0.05) is 11.6 Å². The molecule has 0 atom stereocenters. The average Bonchev–Trinajstić information content (AvgIpc) is 3.12. The van der Waals surface area contributed by atoms with Gasteiger partial charge in [-0.05, 0) is 37.1 Å². The first-order chi connectivity index (χ1) is 8.65. The zero-order chi connectivity index (χ0) is 12.7. The Bertz CT molecular complexity index is 601. The highest BCUT2D eigenvalue weighted by molar-refractivity contribution is 6.31. The van der Waals surface area contributed by atoms with E-state index in [0.717, 1.165) is 28.8 Å². The molecular formula is C14H15ClN2O. The molecule has 1 saturated carbocycles. The minimum atomic E-state index is 0.171. The largest absolute Gasteiger partial charge is 0.341 e. The molecule has 1 aromatic heterocycles. The standard InChI is InChI=1S/C14H15ClN2O/c1-16(12-3-4-12)14(18)9-17-7-6-10-8-11(15)2-5-13(10)17/h2,5-8,12H,3-4,9H2,1H3. The maximum atomic E-state index is 12.1. The summed E-state index contributed by atoms with van der Waals surface area (Å²) >= 11 is 5.95. The van der Waals surface area contributed by atoms with E-state index in [1.54, 1.807) is 0 Å². The van der Waals surface area contributed by atoms with Crippen molar-refractivity contribution in [1.29, 1.82) is 0 Å². The fourth-order valence-corrected chi connectivity index (χ4v) is 2.41. The molecule has 0 aliphatic heterocycles. The minimum absolute atomic E-state index is 0.171. The Kier molecular flexibility index (Phi) is 2.78. The number of carbonyl (C=O) groups is 1. The first-order valence-electron chi connectivity index (χ1n) is 6.15. The molecule has 2 aromatic rings. The van der Waals surface area contributed by atoms with Crippen LogP contribution in [0.2, 0.25) is 5.02 Å². The van der Waals surface area contributed by atoms with Crippen molar-refractivity contribution in [2.75, 3.05) is 7.05 Å². The van der Waals surface area contributed by atoms with Crippen LogP contribution in [0.4, 0.5) is 0 Å². The summed E-state index contributed by atoms with van der Waals surface area (Å²) in [4.78, 5) is 13.9. The third kappa shape index (κ3) is 2.10. The number of amides is 1. The van der Waals surface area contributed by atoms with E-state index >= 15 is 0 Å². The number of nitrogens with zero attached hydrogens (tertiary/aromatic N) is 2. The number of carbonyl (C=O) groups excluding carboxylic acids is 1. The van der Waals surface area contributed by atoms with Crippen LogP contribution in [0.5, 0.6) is 0 Å². The molecule has 4 heteroatoms. The Hall–Kier alpha value is -1.48. The molecule has 94 valence electrons. The second-order valence-electron chi connectivity index (χ2n) is 4.88. The van der Waals surface area contributed by atoms with Gasteiger partial charge >= 0.3 is 0 Å². The van der Waals surface area contributed by atoms with Gasteiger partial charge in [0.2, 0.25) is 5.91 Å². The lowest BCUT2D eigenvalue weighted by atomic mass is 10.2. The Morgan fingerprint density at radius 2 is 2.22 bits per heavy atom. The number of aromatic nitrogens is 1. The van der Waals surface area contributed by atoms with Crippen LogP contribution >= 0.6 is 11.6 Å². The molecule has 1 heterocycles. The van der Waals surface area contributed by atoms with E-state index in [2.05, 4.69) is 0 Å². The van der Waals surface area contributed by atoms with Gasteiger partial charge in [0.05, 0.1) is 0 Å². The Morgan fingerprint density at radius 3 is 2.94 bits per heavy atom. The van der Waals surface area contributed by atoms with Gasteiger partial charge in [-0.2, -0.15) is 0 Å². The monoisotopic (exact) mass is 262 g/mol. The summed E-state index contributed by atoms with van der Waals surface area (Å²) in [5, 5.41) is 1.80. The van der Waals surface area contributed by atoms with Crippen molar-refractivity contribution in [3.63, 3.8) is 0 Å². The highest BCUT2D eigenvalue weighted by Gasteiger charge is 2.29. The number of hydrogen-bond acceptors (Lipinski definition) is 1. The van der Waals surface area contributed by atoms with Crippen LogP contribution in [0.25, 0.3) is 10.9 Å². The molecule has 0 spiro atoms. The number of fused-ring (bicyclic) bond motifs is 1. The maximum absolute atomic E-state index is 12.1. The molecule has 1 aromatic carbocycles. The number of benzene rings is 1. The highest BCUT2D eigenvalue weighted by Crippen LogP contribution is 2.26. The van der Waals surface area contributed by atoms with E-state index in [1.165, 1.54) is 0 Å². The van der Waals surface area contributed by atoms with Crippen molar-refractivity contribution < 1.29 is 4.79 Å². The van der Waals surface area contributed by atoms with Crippen LogP contribution in [-0.2, 0) is 11.3 Å².